The number of hydrogen-bond acceptors (Lipinski definition) is 7. The maximum atomic E-state index is 15.4. The van der Waals surface area contributed by atoms with E-state index in [1.165, 1.54) is 6.07 Å². The third-order valence-electron chi connectivity index (χ3n) is 5.13. The fourth-order valence-electron chi connectivity index (χ4n) is 2.61. The summed E-state index contributed by atoms with van der Waals surface area (Å²) < 4.78 is 37.9. The zero-order valence-electron chi connectivity index (χ0n) is 17.4. The topological polar surface area (TPSA) is 82.9 Å². The molecule has 0 unspecified atom stereocenters. The first-order valence-corrected chi connectivity index (χ1v) is 9.47. The van der Waals surface area contributed by atoms with Crippen molar-refractivity contribution < 1.29 is 28.4 Å². The molecule has 1 aromatic carbocycles. The smallest absolute Gasteiger partial charge is 0.322 e. The molecule has 0 atom stereocenters. The Balaban J connectivity index is 1.91. The van der Waals surface area contributed by atoms with Gasteiger partial charge < -0.3 is 24.0 Å². The van der Waals surface area contributed by atoms with Gasteiger partial charge in [-0.1, -0.05) is 6.07 Å². The second kappa shape index (κ2) is 8.35. The molecule has 29 heavy (non-hydrogen) atoms. The molecule has 1 fully saturated rings. The fourth-order valence-corrected chi connectivity index (χ4v) is 2.61. The minimum Gasteiger partial charge on any atom is -0.427 e. The van der Waals surface area contributed by atoms with Crippen molar-refractivity contribution in [3.05, 3.63) is 41.5 Å². The predicted molar refractivity (Wildman–Crippen MR) is 106 cm³/mol. The van der Waals surface area contributed by atoms with Crippen molar-refractivity contribution in [2.45, 2.75) is 52.1 Å². The highest BCUT2D eigenvalue weighted by molar-refractivity contribution is 6.47. The van der Waals surface area contributed by atoms with E-state index in [9.17, 15) is 5.11 Å². The van der Waals surface area contributed by atoms with Crippen LogP contribution in [-0.4, -0.2) is 47.0 Å². The molecule has 1 N–H and O–H groups in total. The summed E-state index contributed by atoms with van der Waals surface area (Å²) in [5.41, 5.74) is -0.485. The third-order valence-corrected chi connectivity index (χ3v) is 5.13. The molecule has 7 nitrogen and oxygen atoms in total. The van der Waals surface area contributed by atoms with Crippen molar-refractivity contribution in [3.8, 4) is 11.8 Å². The Morgan fingerprint density at radius 3 is 2.48 bits per heavy atom. The van der Waals surface area contributed by atoms with Gasteiger partial charge in [-0.05, 0) is 52.2 Å². The standard InChI is InChI=1S/C20H26BFN2O5/c1-12-8-9-23-18(24-12)28-14-7-6-13(21-29-20(4,5)19(2,3)25)15(16(14)22)17-26-10-11-27-17/h6-9,17,21,25H,10-11H2,1-5H3. The number of aryl methyl sites for hydroxylation is 1. The predicted octanol–water partition coefficient (Wildman–Crippen LogP) is 2.30. The molecule has 156 valence electrons. The Hall–Kier alpha value is -2.07. The Labute approximate surface area is 170 Å². The van der Waals surface area contributed by atoms with Crippen LogP contribution < -0.4 is 10.2 Å². The van der Waals surface area contributed by atoms with Crippen molar-refractivity contribution in [3.63, 3.8) is 0 Å². The van der Waals surface area contributed by atoms with Crippen molar-refractivity contribution in [2.75, 3.05) is 13.2 Å². The number of rotatable bonds is 7. The molecule has 0 aliphatic carbocycles. The summed E-state index contributed by atoms with van der Waals surface area (Å²) in [5.74, 6) is -0.653. The first-order chi connectivity index (χ1) is 13.6. The number of aliphatic hydroxyl groups is 1. The van der Waals surface area contributed by atoms with Gasteiger partial charge in [-0.15, -0.1) is 0 Å². The highest BCUT2D eigenvalue weighted by Crippen LogP contribution is 2.31. The van der Waals surface area contributed by atoms with Crippen LogP contribution >= 0.6 is 0 Å². The number of benzene rings is 1. The first kappa shape index (κ1) is 21.6. The van der Waals surface area contributed by atoms with Crippen molar-refractivity contribution in [1.82, 2.24) is 9.97 Å². The number of nitrogens with zero attached hydrogens (tertiary/aromatic N) is 2. The van der Waals surface area contributed by atoms with Gasteiger partial charge in [-0.25, -0.2) is 14.4 Å². The maximum absolute atomic E-state index is 15.4. The lowest BCUT2D eigenvalue weighted by Gasteiger charge is -2.37. The van der Waals surface area contributed by atoms with Crippen LogP contribution in [-0.2, 0) is 14.1 Å². The highest BCUT2D eigenvalue weighted by Gasteiger charge is 2.37. The van der Waals surface area contributed by atoms with Crippen LogP contribution in [0, 0.1) is 12.7 Å². The summed E-state index contributed by atoms with van der Waals surface area (Å²) in [5, 5.41) is 10.3. The molecule has 1 saturated heterocycles. The molecule has 9 heteroatoms. The van der Waals surface area contributed by atoms with E-state index in [-0.39, 0.29) is 24.8 Å². The Bertz CT molecular complexity index is 866. The minimum atomic E-state index is -1.09. The molecule has 0 bridgehead atoms. The molecule has 3 rings (SSSR count). The average molecular weight is 404 g/mol. The van der Waals surface area contributed by atoms with Gasteiger partial charge in [0.1, 0.15) is 0 Å². The lowest BCUT2D eigenvalue weighted by molar-refractivity contribution is -0.0894. The molecule has 0 amide bonds. The molecular formula is C20H26BFN2O5. The fraction of sp³-hybridized carbons (Fsp3) is 0.500. The van der Waals surface area contributed by atoms with Crippen LogP contribution in [0.1, 0.15) is 45.2 Å². The monoisotopic (exact) mass is 404 g/mol. The summed E-state index contributed by atoms with van der Waals surface area (Å²) in [6.45, 7) is 9.40. The number of halogens is 1. The van der Waals surface area contributed by atoms with Crippen molar-refractivity contribution in [2.24, 2.45) is 0 Å². The number of hydrogen-bond donors (Lipinski definition) is 1. The zero-order chi connectivity index (χ0) is 21.2. The lowest BCUT2D eigenvalue weighted by atomic mass is 9.80. The molecule has 1 aromatic heterocycles. The van der Waals surface area contributed by atoms with Crippen molar-refractivity contribution in [1.29, 1.82) is 0 Å². The third kappa shape index (κ3) is 4.92. The Morgan fingerprint density at radius 1 is 1.17 bits per heavy atom. The molecule has 0 spiro atoms. The molecule has 0 saturated carbocycles. The normalized spacial score (nSPS) is 15.6. The quantitative estimate of drug-likeness (QED) is 0.710. The summed E-state index contributed by atoms with van der Waals surface area (Å²) in [7, 11) is 0.0632. The van der Waals surface area contributed by atoms with E-state index < -0.39 is 23.3 Å². The van der Waals surface area contributed by atoms with Crippen LogP contribution in [0.2, 0.25) is 0 Å². The maximum Gasteiger partial charge on any atom is 0.322 e. The van der Waals surface area contributed by atoms with Crippen LogP contribution in [0.3, 0.4) is 0 Å². The molecule has 1 aliphatic rings. The van der Waals surface area contributed by atoms with E-state index in [4.69, 9.17) is 18.9 Å². The molecule has 2 heterocycles. The molecule has 0 radical (unpaired) electrons. The van der Waals surface area contributed by atoms with Crippen LogP contribution in [0.25, 0.3) is 0 Å². The lowest BCUT2D eigenvalue weighted by Crippen LogP contribution is -2.49. The van der Waals surface area contributed by atoms with E-state index >= 15 is 4.39 Å². The second-order valence-corrected chi connectivity index (χ2v) is 7.96. The van der Waals surface area contributed by atoms with E-state index in [1.807, 2.05) is 0 Å². The van der Waals surface area contributed by atoms with Crippen LogP contribution in [0.5, 0.6) is 11.8 Å². The molecule has 2 aromatic rings. The summed E-state index contributed by atoms with van der Waals surface area (Å²) >= 11 is 0. The number of aromatic nitrogens is 2. The minimum absolute atomic E-state index is 0.0322. The average Bonchev–Trinajstić information content (AvgIpc) is 3.15. The first-order valence-electron chi connectivity index (χ1n) is 9.47. The van der Waals surface area contributed by atoms with E-state index in [2.05, 4.69) is 9.97 Å². The Morgan fingerprint density at radius 2 is 1.86 bits per heavy atom. The van der Waals surface area contributed by atoms with Gasteiger partial charge in [-0.2, -0.15) is 0 Å². The summed E-state index contributed by atoms with van der Waals surface area (Å²) in [4.78, 5) is 8.15. The van der Waals surface area contributed by atoms with Gasteiger partial charge in [0, 0.05) is 17.5 Å². The van der Waals surface area contributed by atoms with Gasteiger partial charge in [0.15, 0.2) is 17.9 Å². The number of ether oxygens (including phenoxy) is 3. The van der Waals surface area contributed by atoms with Gasteiger partial charge in [-0.3, -0.25) is 0 Å². The van der Waals surface area contributed by atoms with Crippen LogP contribution in [0.15, 0.2) is 24.4 Å². The van der Waals surface area contributed by atoms with Gasteiger partial charge >= 0.3 is 13.5 Å². The van der Waals surface area contributed by atoms with E-state index in [1.54, 1.807) is 52.9 Å². The van der Waals surface area contributed by atoms with Gasteiger partial charge in [0.25, 0.3) is 0 Å². The largest absolute Gasteiger partial charge is 0.427 e. The SMILES string of the molecule is Cc1ccnc(Oc2ccc(BOC(C)(C)C(C)(C)O)c(C3OCCO3)c2F)n1. The summed E-state index contributed by atoms with van der Waals surface area (Å²) in [6, 6.07) is 4.96. The molecular weight excluding hydrogens is 378 g/mol. The van der Waals surface area contributed by atoms with Crippen LogP contribution in [0.4, 0.5) is 4.39 Å². The highest BCUT2D eigenvalue weighted by atomic mass is 19.1. The second-order valence-electron chi connectivity index (χ2n) is 7.96. The van der Waals surface area contributed by atoms with E-state index in [0.717, 1.165) is 0 Å². The van der Waals surface area contributed by atoms with E-state index in [0.29, 0.717) is 24.4 Å². The summed E-state index contributed by atoms with van der Waals surface area (Å²) in [6.07, 6.45) is 0.682. The van der Waals surface area contributed by atoms with Crippen molar-refractivity contribution >= 4 is 12.9 Å². The zero-order valence-corrected chi connectivity index (χ0v) is 17.4. The van der Waals surface area contributed by atoms with Gasteiger partial charge in [0.05, 0.1) is 24.4 Å². The molecule has 1 aliphatic heterocycles. The van der Waals surface area contributed by atoms with Gasteiger partial charge in [0.2, 0.25) is 0 Å². The Kier molecular flexibility index (Phi) is 6.23.